The number of rotatable bonds is 8. The van der Waals surface area contributed by atoms with Crippen molar-refractivity contribution in [1.82, 2.24) is 10.2 Å². The highest BCUT2D eigenvalue weighted by atomic mass is 16.5. The molecule has 4 nitrogen and oxygen atoms in total. The number of ether oxygens (including phenoxy) is 1. The molecule has 20 heavy (non-hydrogen) atoms. The minimum Gasteiger partial charge on any atom is -0.481 e. The lowest BCUT2D eigenvalue weighted by Gasteiger charge is -2.24. The highest BCUT2D eigenvalue weighted by Gasteiger charge is 2.20. The van der Waals surface area contributed by atoms with Gasteiger partial charge >= 0.3 is 0 Å². The zero-order chi connectivity index (χ0) is 15.0. The van der Waals surface area contributed by atoms with Gasteiger partial charge in [0.2, 0.25) is 0 Å². The normalized spacial score (nSPS) is 12.0. The number of likely N-dealkylation sites (N-methyl/N-ethyl adjacent to an activating group) is 1. The number of para-hydroxylation sites is 1. The molecule has 1 aromatic carbocycles. The Labute approximate surface area is 122 Å². The molecule has 4 heteroatoms. The molecule has 1 N–H and O–H groups in total. The summed E-state index contributed by atoms with van der Waals surface area (Å²) in [6.07, 6.45) is -0.460. The van der Waals surface area contributed by atoms with Crippen LogP contribution in [0.5, 0.6) is 5.75 Å². The van der Waals surface area contributed by atoms with Crippen molar-refractivity contribution < 1.29 is 9.53 Å². The monoisotopic (exact) mass is 278 g/mol. The highest BCUT2D eigenvalue weighted by molar-refractivity contribution is 5.80. The van der Waals surface area contributed by atoms with Gasteiger partial charge in [0.1, 0.15) is 5.75 Å². The Bertz CT molecular complexity index is 417. The number of carbonyl (C=O) groups excluding carboxylic acids is 1. The summed E-state index contributed by atoms with van der Waals surface area (Å²) in [5, 5.41) is 3.28. The van der Waals surface area contributed by atoms with E-state index in [1.165, 1.54) is 0 Å². The molecule has 0 bridgehead atoms. The van der Waals surface area contributed by atoms with Crippen LogP contribution in [0.3, 0.4) is 0 Å². The Kier molecular flexibility index (Phi) is 7.09. The second kappa shape index (κ2) is 8.59. The molecule has 1 unspecified atom stereocenters. The molecule has 0 aliphatic heterocycles. The van der Waals surface area contributed by atoms with E-state index in [1.807, 2.05) is 45.0 Å². The van der Waals surface area contributed by atoms with Crippen molar-refractivity contribution in [2.75, 3.05) is 19.6 Å². The molecule has 0 spiro atoms. The van der Waals surface area contributed by atoms with Crippen LogP contribution in [0, 0.1) is 0 Å². The van der Waals surface area contributed by atoms with Crippen LogP contribution in [0.15, 0.2) is 24.3 Å². The van der Waals surface area contributed by atoms with Crippen molar-refractivity contribution in [2.24, 2.45) is 0 Å². The maximum absolute atomic E-state index is 12.2. The van der Waals surface area contributed by atoms with Gasteiger partial charge in [-0.3, -0.25) is 4.79 Å². The molecule has 0 aliphatic carbocycles. The molecule has 0 saturated carbocycles. The lowest BCUT2D eigenvalue weighted by Crippen LogP contribution is -2.40. The van der Waals surface area contributed by atoms with Crippen LogP contribution >= 0.6 is 0 Å². The van der Waals surface area contributed by atoms with E-state index in [9.17, 15) is 4.79 Å². The largest absolute Gasteiger partial charge is 0.481 e. The van der Waals surface area contributed by atoms with Crippen LogP contribution in [-0.2, 0) is 11.3 Å². The van der Waals surface area contributed by atoms with Gasteiger partial charge in [-0.15, -0.1) is 0 Å². The van der Waals surface area contributed by atoms with Gasteiger partial charge in [-0.2, -0.15) is 0 Å². The number of hydrogen-bond acceptors (Lipinski definition) is 3. The van der Waals surface area contributed by atoms with Crippen molar-refractivity contribution >= 4 is 5.91 Å². The Morgan fingerprint density at radius 1 is 1.25 bits per heavy atom. The summed E-state index contributed by atoms with van der Waals surface area (Å²) in [7, 11) is 0. The van der Waals surface area contributed by atoms with Gasteiger partial charge in [0, 0.05) is 25.2 Å². The maximum Gasteiger partial charge on any atom is 0.263 e. The standard InChI is InChI=1S/C16H26N2O2/c1-5-17-12-14-10-8-9-11-15(14)20-13(4)16(19)18(6-2)7-3/h8-11,13,17H,5-7,12H2,1-4H3. The molecule has 1 amide bonds. The fourth-order valence-corrected chi connectivity index (χ4v) is 2.06. The van der Waals surface area contributed by atoms with Crippen LogP contribution in [0.1, 0.15) is 33.3 Å². The summed E-state index contributed by atoms with van der Waals surface area (Å²) in [6.45, 7) is 10.9. The molecule has 112 valence electrons. The Morgan fingerprint density at radius 2 is 1.90 bits per heavy atom. The lowest BCUT2D eigenvalue weighted by molar-refractivity contribution is -0.137. The molecule has 0 heterocycles. The van der Waals surface area contributed by atoms with E-state index in [-0.39, 0.29) is 5.91 Å². The number of amides is 1. The average Bonchev–Trinajstić information content (AvgIpc) is 2.47. The number of benzene rings is 1. The smallest absolute Gasteiger partial charge is 0.263 e. The molecule has 0 saturated heterocycles. The number of nitrogens with one attached hydrogen (secondary N) is 1. The van der Waals surface area contributed by atoms with Crippen LogP contribution < -0.4 is 10.1 Å². The van der Waals surface area contributed by atoms with Gasteiger partial charge in [-0.05, 0) is 33.4 Å². The van der Waals surface area contributed by atoms with Crippen LogP contribution in [0.25, 0.3) is 0 Å². The second-order valence-corrected chi connectivity index (χ2v) is 4.66. The highest BCUT2D eigenvalue weighted by Crippen LogP contribution is 2.19. The van der Waals surface area contributed by atoms with Crippen LogP contribution in [0.2, 0.25) is 0 Å². The first kappa shape index (κ1) is 16.5. The first-order valence-corrected chi connectivity index (χ1v) is 7.38. The fraction of sp³-hybridized carbons (Fsp3) is 0.562. The molecular formula is C16H26N2O2. The fourth-order valence-electron chi connectivity index (χ4n) is 2.06. The van der Waals surface area contributed by atoms with Crippen molar-refractivity contribution in [2.45, 2.75) is 40.3 Å². The van der Waals surface area contributed by atoms with E-state index in [1.54, 1.807) is 4.90 Å². The zero-order valence-electron chi connectivity index (χ0n) is 13.0. The average molecular weight is 278 g/mol. The van der Waals surface area contributed by atoms with E-state index in [0.29, 0.717) is 13.1 Å². The van der Waals surface area contributed by atoms with Gasteiger partial charge in [0.15, 0.2) is 6.10 Å². The van der Waals surface area contributed by atoms with Gasteiger partial charge in [-0.25, -0.2) is 0 Å². The molecule has 1 aromatic rings. The first-order chi connectivity index (χ1) is 9.63. The van der Waals surface area contributed by atoms with Gasteiger partial charge < -0.3 is 15.0 Å². The Balaban J connectivity index is 2.74. The molecule has 0 radical (unpaired) electrons. The van der Waals surface area contributed by atoms with E-state index < -0.39 is 6.10 Å². The van der Waals surface area contributed by atoms with E-state index >= 15 is 0 Å². The minimum atomic E-state index is -0.460. The SMILES string of the molecule is CCNCc1ccccc1OC(C)C(=O)N(CC)CC. The topological polar surface area (TPSA) is 41.6 Å². The van der Waals surface area contributed by atoms with Gasteiger partial charge in [0.25, 0.3) is 5.91 Å². The third-order valence-corrected chi connectivity index (χ3v) is 3.26. The lowest BCUT2D eigenvalue weighted by atomic mass is 10.2. The second-order valence-electron chi connectivity index (χ2n) is 4.66. The summed E-state index contributed by atoms with van der Waals surface area (Å²) in [4.78, 5) is 14.0. The van der Waals surface area contributed by atoms with Crippen molar-refractivity contribution in [3.63, 3.8) is 0 Å². The molecule has 0 aromatic heterocycles. The predicted octanol–water partition coefficient (Wildman–Crippen LogP) is 2.43. The summed E-state index contributed by atoms with van der Waals surface area (Å²) >= 11 is 0. The Hall–Kier alpha value is -1.55. The molecule has 1 atom stereocenters. The maximum atomic E-state index is 12.2. The third kappa shape index (κ3) is 4.53. The first-order valence-electron chi connectivity index (χ1n) is 7.38. The van der Waals surface area contributed by atoms with Gasteiger partial charge in [0.05, 0.1) is 0 Å². The van der Waals surface area contributed by atoms with Crippen LogP contribution in [-0.4, -0.2) is 36.5 Å². The van der Waals surface area contributed by atoms with Crippen molar-refractivity contribution in [3.05, 3.63) is 29.8 Å². The minimum absolute atomic E-state index is 0.0354. The summed E-state index contributed by atoms with van der Waals surface area (Å²) in [5.74, 6) is 0.815. The van der Waals surface area contributed by atoms with Crippen molar-refractivity contribution in [1.29, 1.82) is 0 Å². The summed E-state index contributed by atoms with van der Waals surface area (Å²) in [6, 6.07) is 7.85. The summed E-state index contributed by atoms with van der Waals surface area (Å²) < 4.78 is 5.86. The molecule has 0 fully saturated rings. The number of nitrogens with zero attached hydrogens (tertiary/aromatic N) is 1. The number of carbonyl (C=O) groups is 1. The predicted molar refractivity (Wildman–Crippen MR) is 81.8 cm³/mol. The van der Waals surface area contributed by atoms with E-state index in [2.05, 4.69) is 12.2 Å². The van der Waals surface area contributed by atoms with Crippen LogP contribution in [0.4, 0.5) is 0 Å². The molecule has 0 aliphatic rings. The van der Waals surface area contributed by atoms with Crippen molar-refractivity contribution in [3.8, 4) is 5.75 Å². The zero-order valence-corrected chi connectivity index (χ0v) is 13.0. The van der Waals surface area contributed by atoms with E-state index in [0.717, 1.165) is 24.4 Å². The number of hydrogen-bond donors (Lipinski definition) is 1. The summed E-state index contributed by atoms with van der Waals surface area (Å²) in [5.41, 5.74) is 1.08. The molecule has 1 rings (SSSR count). The van der Waals surface area contributed by atoms with E-state index in [4.69, 9.17) is 4.74 Å². The molecular weight excluding hydrogens is 252 g/mol. The van der Waals surface area contributed by atoms with Gasteiger partial charge in [-0.1, -0.05) is 25.1 Å². The third-order valence-electron chi connectivity index (χ3n) is 3.26. The Morgan fingerprint density at radius 3 is 2.50 bits per heavy atom. The quantitative estimate of drug-likeness (QED) is 0.794.